The smallest absolute Gasteiger partial charge is 0.224 e. The van der Waals surface area contributed by atoms with Crippen LogP contribution in [0.4, 0.5) is 0 Å². The lowest BCUT2D eigenvalue weighted by Gasteiger charge is -2.16. The van der Waals surface area contributed by atoms with Gasteiger partial charge in [-0.15, -0.1) is 0 Å². The van der Waals surface area contributed by atoms with Gasteiger partial charge in [-0.1, -0.05) is 6.07 Å². The van der Waals surface area contributed by atoms with Gasteiger partial charge in [0, 0.05) is 57.6 Å². The Morgan fingerprint density at radius 3 is 2.96 bits per heavy atom. The fourth-order valence-corrected chi connectivity index (χ4v) is 3.40. The fraction of sp³-hybridized carbons (Fsp3) is 0.471. The molecule has 2 aromatic heterocycles. The maximum absolute atomic E-state index is 12.3. The Labute approximate surface area is 141 Å². The third kappa shape index (κ3) is 3.26. The van der Waals surface area contributed by atoms with Gasteiger partial charge in [-0.25, -0.2) is 4.98 Å². The van der Waals surface area contributed by atoms with Crippen molar-refractivity contribution >= 4 is 5.91 Å². The van der Waals surface area contributed by atoms with E-state index in [1.807, 2.05) is 31.6 Å². The number of aromatic nitrogens is 3. The van der Waals surface area contributed by atoms with Crippen LogP contribution in [0.15, 0.2) is 30.7 Å². The van der Waals surface area contributed by atoms with Gasteiger partial charge in [0.15, 0.2) is 0 Å². The molecule has 7 heteroatoms. The normalized spacial score (nSPS) is 21.0. The van der Waals surface area contributed by atoms with Crippen LogP contribution in [0, 0.1) is 5.92 Å². The molecule has 0 unspecified atom stereocenters. The molecule has 2 atom stereocenters. The summed E-state index contributed by atoms with van der Waals surface area (Å²) in [5.74, 6) is 0.770. The van der Waals surface area contributed by atoms with Crippen LogP contribution >= 0.6 is 0 Å². The second-order valence-electron chi connectivity index (χ2n) is 6.14. The molecule has 1 fully saturated rings. The third-order valence-electron chi connectivity index (χ3n) is 4.57. The van der Waals surface area contributed by atoms with Crippen molar-refractivity contribution in [3.8, 4) is 5.88 Å². The quantitative estimate of drug-likeness (QED) is 0.878. The number of methoxy groups -OCH3 is 1. The molecule has 7 nitrogen and oxygen atoms in total. The molecule has 0 saturated carbocycles. The van der Waals surface area contributed by atoms with Crippen molar-refractivity contribution < 1.29 is 9.53 Å². The second kappa shape index (κ2) is 7.00. The summed E-state index contributed by atoms with van der Waals surface area (Å²) < 4.78 is 7.12. The lowest BCUT2D eigenvalue weighted by atomic mass is 9.90. The van der Waals surface area contributed by atoms with Crippen molar-refractivity contribution in [2.75, 3.05) is 27.2 Å². The van der Waals surface area contributed by atoms with Gasteiger partial charge in [-0.2, -0.15) is 5.10 Å². The molecule has 1 aliphatic rings. The molecule has 3 heterocycles. The number of hydrogen-bond donors (Lipinski definition) is 1. The molecular weight excluding hydrogens is 306 g/mol. The maximum atomic E-state index is 12.3. The van der Waals surface area contributed by atoms with Gasteiger partial charge in [-0.05, 0) is 11.6 Å². The largest absolute Gasteiger partial charge is 0.481 e. The van der Waals surface area contributed by atoms with Gasteiger partial charge in [0.25, 0.3) is 0 Å². The van der Waals surface area contributed by atoms with Crippen LogP contribution in [0.2, 0.25) is 0 Å². The number of nitrogens with zero attached hydrogens (tertiary/aromatic N) is 4. The number of pyridine rings is 1. The minimum absolute atomic E-state index is 0.0736. The van der Waals surface area contributed by atoms with E-state index in [4.69, 9.17) is 4.74 Å². The minimum Gasteiger partial charge on any atom is -0.481 e. The molecular formula is C17H23N5O2. The van der Waals surface area contributed by atoms with Gasteiger partial charge in [0.1, 0.15) is 0 Å². The highest BCUT2D eigenvalue weighted by molar-refractivity contribution is 5.80. The molecule has 0 radical (unpaired) electrons. The van der Waals surface area contributed by atoms with E-state index in [1.54, 1.807) is 25.0 Å². The highest BCUT2D eigenvalue weighted by atomic mass is 16.5. The van der Waals surface area contributed by atoms with Crippen LogP contribution in [0.1, 0.15) is 17.0 Å². The molecule has 0 spiro atoms. The monoisotopic (exact) mass is 329 g/mol. The van der Waals surface area contributed by atoms with E-state index >= 15 is 0 Å². The summed E-state index contributed by atoms with van der Waals surface area (Å²) in [6, 6.07) is 3.92. The van der Waals surface area contributed by atoms with Crippen molar-refractivity contribution in [3.63, 3.8) is 0 Å². The Bertz CT molecular complexity index is 715. The second-order valence-corrected chi connectivity index (χ2v) is 6.14. The van der Waals surface area contributed by atoms with Crippen LogP contribution in [0.3, 0.4) is 0 Å². The number of hydrogen-bond acceptors (Lipinski definition) is 5. The van der Waals surface area contributed by atoms with E-state index in [-0.39, 0.29) is 17.7 Å². The molecule has 0 aliphatic carbocycles. The molecule has 3 rings (SSSR count). The van der Waals surface area contributed by atoms with Crippen molar-refractivity contribution in [2.24, 2.45) is 13.0 Å². The summed E-state index contributed by atoms with van der Waals surface area (Å²) in [6.07, 6.45) is 5.57. The van der Waals surface area contributed by atoms with E-state index in [9.17, 15) is 4.79 Å². The highest BCUT2D eigenvalue weighted by Gasteiger charge is 2.38. The molecule has 1 N–H and O–H groups in total. The Kier molecular flexibility index (Phi) is 4.80. The average Bonchev–Trinajstić information content (AvgIpc) is 3.21. The summed E-state index contributed by atoms with van der Waals surface area (Å²) >= 11 is 0. The SMILES string of the molecule is CNC(=O)[C@H]1CN(Cc2cccnc2OC)C[C@@H]1c1cnn(C)c1. The number of carbonyl (C=O) groups is 1. The molecule has 128 valence electrons. The van der Waals surface area contributed by atoms with Crippen LogP contribution in [0.5, 0.6) is 5.88 Å². The van der Waals surface area contributed by atoms with Gasteiger partial charge in [-0.3, -0.25) is 14.4 Å². The zero-order valence-corrected chi connectivity index (χ0v) is 14.3. The first-order valence-electron chi connectivity index (χ1n) is 8.02. The number of ether oxygens (including phenoxy) is 1. The lowest BCUT2D eigenvalue weighted by molar-refractivity contribution is -0.124. The third-order valence-corrected chi connectivity index (χ3v) is 4.57. The fourth-order valence-electron chi connectivity index (χ4n) is 3.40. The van der Waals surface area contributed by atoms with E-state index in [1.165, 1.54) is 0 Å². The first-order chi connectivity index (χ1) is 11.6. The van der Waals surface area contributed by atoms with Gasteiger partial charge in [0.05, 0.1) is 19.2 Å². The van der Waals surface area contributed by atoms with Crippen molar-refractivity contribution in [3.05, 3.63) is 41.9 Å². The van der Waals surface area contributed by atoms with Gasteiger partial charge >= 0.3 is 0 Å². The molecule has 1 amide bonds. The van der Waals surface area contributed by atoms with Crippen molar-refractivity contribution in [2.45, 2.75) is 12.5 Å². The molecule has 1 saturated heterocycles. The van der Waals surface area contributed by atoms with Gasteiger partial charge in [0.2, 0.25) is 11.8 Å². The maximum Gasteiger partial charge on any atom is 0.224 e. The topological polar surface area (TPSA) is 72.3 Å². The highest BCUT2D eigenvalue weighted by Crippen LogP contribution is 2.34. The number of aryl methyl sites for hydroxylation is 1. The summed E-state index contributed by atoms with van der Waals surface area (Å²) in [5.41, 5.74) is 2.13. The molecule has 24 heavy (non-hydrogen) atoms. The van der Waals surface area contributed by atoms with Crippen molar-refractivity contribution in [1.82, 2.24) is 25.0 Å². The number of nitrogens with one attached hydrogen (secondary N) is 1. The van der Waals surface area contributed by atoms with Crippen LogP contribution < -0.4 is 10.1 Å². The number of likely N-dealkylation sites (tertiary alicyclic amines) is 1. The van der Waals surface area contributed by atoms with Gasteiger partial charge < -0.3 is 10.1 Å². The van der Waals surface area contributed by atoms with E-state index in [0.717, 1.165) is 17.7 Å². The predicted octanol–water partition coefficient (Wildman–Crippen LogP) is 0.785. The average molecular weight is 329 g/mol. The zero-order chi connectivity index (χ0) is 17.1. The predicted molar refractivity (Wildman–Crippen MR) is 89.6 cm³/mol. The Morgan fingerprint density at radius 1 is 1.46 bits per heavy atom. The molecule has 1 aliphatic heterocycles. The minimum atomic E-state index is -0.0816. The van der Waals surface area contributed by atoms with Crippen molar-refractivity contribution in [1.29, 1.82) is 0 Å². The first-order valence-corrected chi connectivity index (χ1v) is 8.02. The molecule has 2 aromatic rings. The number of amides is 1. The van der Waals surface area contributed by atoms with E-state index in [2.05, 4.69) is 20.3 Å². The standard InChI is InChI=1S/C17H23N5O2/c1-18-16(23)15-11-22(9-12-5-4-6-19-17(12)24-3)10-14(15)13-7-20-21(2)8-13/h4-8,14-15H,9-11H2,1-3H3,(H,18,23)/t14-,15+/m1/s1. The van der Waals surface area contributed by atoms with Crippen LogP contribution in [-0.2, 0) is 18.4 Å². The zero-order valence-electron chi connectivity index (χ0n) is 14.3. The Hall–Kier alpha value is -2.41. The summed E-state index contributed by atoms with van der Waals surface area (Å²) in [5, 5.41) is 7.04. The summed E-state index contributed by atoms with van der Waals surface area (Å²) in [4.78, 5) is 18.8. The first kappa shape index (κ1) is 16.4. The Morgan fingerprint density at radius 2 is 2.29 bits per heavy atom. The van der Waals surface area contributed by atoms with E-state index < -0.39 is 0 Å². The van der Waals surface area contributed by atoms with Crippen LogP contribution in [-0.4, -0.2) is 52.8 Å². The van der Waals surface area contributed by atoms with Crippen LogP contribution in [0.25, 0.3) is 0 Å². The van der Waals surface area contributed by atoms with E-state index in [0.29, 0.717) is 19.0 Å². The lowest BCUT2D eigenvalue weighted by Crippen LogP contribution is -2.32. The number of carbonyl (C=O) groups excluding carboxylic acids is 1. The summed E-state index contributed by atoms with van der Waals surface area (Å²) in [6.45, 7) is 2.22. The molecule has 0 aromatic carbocycles. The Balaban J connectivity index is 1.80. The summed E-state index contributed by atoms with van der Waals surface area (Å²) in [7, 11) is 5.21. The molecule has 0 bridgehead atoms. The number of rotatable bonds is 5.